The topological polar surface area (TPSA) is 30.7 Å². The Bertz CT molecular complexity index is 516. The van der Waals surface area contributed by atoms with Crippen LogP contribution in [0.15, 0.2) is 24.3 Å². The molecule has 1 aliphatic heterocycles. The molecule has 0 radical (unpaired) electrons. The quantitative estimate of drug-likeness (QED) is 0.864. The van der Waals surface area contributed by atoms with Crippen LogP contribution < -0.4 is 4.90 Å². The van der Waals surface area contributed by atoms with Crippen LogP contribution in [0.3, 0.4) is 0 Å². The van der Waals surface area contributed by atoms with Gasteiger partial charge in [-0.25, -0.2) is 4.79 Å². The predicted octanol–water partition coefficient (Wildman–Crippen LogP) is 2.21. The molecule has 122 valence electrons. The lowest BCUT2D eigenvalue weighted by molar-refractivity contribution is -0.935. The van der Waals surface area contributed by atoms with Gasteiger partial charge in [0.15, 0.2) is 6.04 Å². The monoisotopic (exact) mass is 316 g/mol. The molecular weight excluding hydrogens is 295 g/mol. The van der Waals surface area contributed by atoms with Crippen LogP contribution in [0.25, 0.3) is 0 Å². The highest BCUT2D eigenvalue weighted by Gasteiger charge is 2.34. The van der Waals surface area contributed by atoms with E-state index in [0.29, 0.717) is 18.7 Å². The molecule has 0 bridgehead atoms. The highest BCUT2D eigenvalue weighted by atomic mass is 19.4. The second-order valence-electron chi connectivity index (χ2n) is 5.58. The number of nitrogens with one attached hydrogen (secondary N) is 1. The Morgan fingerprint density at radius 3 is 2.82 bits per heavy atom. The van der Waals surface area contributed by atoms with Crippen molar-refractivity contribution >= 4 is 5.97 Å². The van der Waals surface area contributed by atoms with Gasteiger partial charge in [-0.15, -0.1) is 0 Å². The van der Waals surface area contributed by atoms with Crippen LogP contribution in [0, 0.1) is 0 Å². The molecule has 0 aromatic heterocycles. The SMILES string of the molecule is CCOC(=O)[C@H]1CCCC[NH+]1Cc1cccc(C(F)(F)F)c1. The zero-order chi connectivity index (χ0) is 16.2. The molecule has 1 heterocycles. The van der Waals surface area contributed by atoms with Crippen molar-refractivity contribution in [2.45, 2.75) is 44.9 Å². The third-order valence-corrected chi connectivity index (χ3v) is 3.99. The maximum Gasteiger partial charge on any atom is 0.416 e. The van der Waals surface area contributed by atoms with Crippen molar-refractivity contribution in [2.24, 2.45) is 0 Å². The molecule has 1 fully saturated rings. The maximum absolute atomic E-state index is 12.8. The smallest absolute Gasteiger partial charge is 0.416 e. The van der Waals surface area contributed by atoms with Crippen LogP contribution in [0.5, 0.6) is 0 Å². The van der Waals surface area contributed by atoms with E-state index < -0.39 is 11.7 Å². The standard InChI is InChI=1S/C16H20F3NO2/c1-2-22-15(21)14-8-3-4-9-20(14)11-12-6-5-7-13(10-12)16(17,18)19/h5-7,10,14H,2-4,8-9,11H2,1H3/p+1/t14-/m1/s1. The summed E-state index contributed by atoms with van der Waals surface area (Å²) in [5, 5.41) is 0. The number of likely N-dealkylation sites (tertiary alicyclic amines) is 1. The highest BCUT2D eigenvalue weighted by Crippen LogP contribution is 2.29. The number of rotatable bonds is 4. The van der Waals surface area contributed by atoms with Crippen LogP contribution in [0.1, 0.15) is 37.3 Å². The number of halogens is 3. The van der Waals surface area contributed by atoms with Crippen molar-refractivity contribution in [3.8, 4) is 0 Å². The number of esters is 1. The first-order chi connectivity index (χ1) is 10.4. The van der Waals surface area contributed by atoms with E-state index in [1.165, 1.54) is 12.1 Å². The van der Waals surface area contributed by atoms with Gasteiger partial charge in [-0.05, 0) is 31.9 Å². The minimum absolute atomic E-state index is 0.246. The van der Waals surface area contributed by atoms with E-state index in [-0.39, 0.29) is 12.0 Å². The van der Waals surface area contributed by atoms with E-state index in [1.807, 2.05) is 0 Å². The third-order valence-electron chi connectivity index (χ3n) is 3.99. The van der Waals surface area contributed by atoms with Crippen LogP contribution in [0.2, 0.25) is 0 Å². The van der Waals surface area contributed by atoms with E-state index >= 15 is 0 Å². The number of carbonyl (C=O) groups is 1. The first-order valence-electron chi connectivity index (χ1n) is 7.59. The van der Waals surface area contributed by atoms with Gasteiger partial charge in [-0.1, -0.05) is 12.1 Å². The summed E-state index contributed by atoms with van der Waals surface area (Å²) in [5.74, 6) is -0.246. The number of hydrogen-bond donors (Lipinski definition) is 1. The zero-order valence-electron chi connectivity index (χ0n) is 12.6. The Balaban J connectivity index is 2.12. The van der Waals surface area contributed by atoms with E-state index in [1.54, 1.807) is 13.0 Å². The molecule has 1 aromatic rings. The number of alkyl halides is 3. The van der Waals surface area contributed by atoms with Gasteiger partial charge in [-0.3, -0.25) is 0 Å². The maximum atomic E-state index is 12.8. The largest absolute Gasteiger partial charge is 0.462 e. The van der Waals surface area contributed by atoms with Crippen LogP contribution >= 0.6 is 0 Å². The van der Waals surface area contributed by atoms with Gasteiger partial charge < -0.3 is 9.64 Å². The summed E-state index contributed by atoms with van der Waals surface area (Å²) in [6.45, 7) is 3.27. The van der Waals surface area contributed by atoms with E-state index in [4.69, 9.17) is 4.74 Å². The summed E-state index contributed by atoms with van der Waals surface area (Å²) < 4.78 is 43.4. The third kappa shape index (κ3) is 4.22. The van der Waals surface area contributed by atoms with Crippen LogP contribution in [0.4, 0.5) is 13.2 Å². The summed E-state index contributed by atoms with van der Waals surface area (Å²) in [5.41, 5.74) is -0.0462. The molecular formula is C16H21F3NO2+. The lowest BCUT2D eigenvalue weighted by atomic mass is 10.0. The summed E-state index contributed by atoms with van der Waals surface area (Å²) in [4.78, 5) is 13.0. The van der Waals surface area contributed by atoms with Gasteiger partial charge in [0.25, 0.3) is 0 Å². The van der Waals surface area contributed by atoms with E-state index in [0.717, 1.165) is 36.8 Å². The molecule has 0 saturated carbocycles. The Morgan fingerprint density at radius 2 is 2.14 bits per heavy atom. The Hall–Kier alpha value is -1.56. The van der Waals surface area contributed by atoms with Crippen molar-refractivity contribution in [1.29, 1.82) is 0 Å². The zero-order valence-corrected chi connectivity index (χ0v) is 12.6. The molecule has 6 heteroatoms. The van der Waals surface area contributed by atoms with Crippen molar-refractivity contribution in [3.05, 3.63) is 35.4 Å². The second kappa shape index (κ2) is 7.13. The van der Waals surface area contributed by atoms with Crippen molar-refractivity contribution in [1.82, 2.24) is 0 Å². The summed E-state index contributed by atoms with van der Waals surface area (Å²) in [6.07, 6.45) is -1.68. The molecule has 22 heavy (non-hydrogen) atoms. The molecule has 0 aliphatic carbocycles. The Kier molecular flexibility index (Phi) is 5.45. The van der Waals surface area contributed by atoms with Crippen molar-refractivity contribution in [3.63, 3.8) is 0 Å². The van der Waals surface area contributed by atoms with E-state index in [9.17, 15) is 18.0 Å². The fourth-order valence-electron chi connectivity index (χ4n) is 2.94. The fraction of sp³-hybridized carbons (Fsp3) is 0.562. The molecule has 1 N–H and O–H groups in total. The van der Waals surface area contributed by atoms with Crippen molar-refractivity contribution < 1.29 is 27.6 Å². The number of ether oxygens (including phenoxy) is 1. The van der Waals surface area contributed by atoms with Gasteiger partial charge in [0, 0.05) is 12.0 Å². The fourth-order valence-corrected chi connectivity index (χ4v) is 2.94. The number of hydrogen-bond acceptors (Lipinski definition) is 2. The second-order valence-corrected chi connectivity index (χ2v) is 5.58. The molecule has 1 unspecified atom stereocenters. The Labute approximate surface area is 128 Å². The average molecular weight is 316 g/mol. The van der Waals surface area contributed by atoms with Gasteiger partial charge in [0.1, 0.15) is 6.54 Å². The first kappa shape index (κ1) is 16.8. The molecule has 0 amide bonds. The summed E-state index contributed by atoms with van der Waals surface area (Å²) >= 11 is 0. The highest BCUT2D eigenvalue weighted by molar-refractivity contribution is 5.74. The number of carbonyl (C=O) groups excluding carboxylic acids is 1. The first-order valence-corrected chi connectivity index (χ1v) is 7.59. The van der Waals surface area contributed by atoms with Crippen molar-refractivity contribution in [2.75, 3.05) is 13.2 Å². The number of benzene rings is 1. The lowest BCUT2D eigenvalue weighted by Crippen LogP contribution is -3.16. The van der Waals surface area contributed by atoms with Crippen LogP contribution in [-0.4, -0.2) is 25.2 Å². The molecule has 1 aliphatic rings. The number of piperidine rings is 1. The molecule has 1 aromatic carbocycles. The normalized spacial score (nSPS) is 22.4. The van der Waals surface area contributed by atoms with Gasteiger partial charge in [0.2, 0.25) is 0 Å². The minimum atomic E-state index is -4.34. The predicted molar refractivity (Wildman–Crippen MR) is 75.2 cm³/mol. The van der Waals surface area contributed by atoms with E-state index in [2.05, 4.69) is 0 Å². The van der Waals surface area contributed by atoms with Gasteiger partial charge >= 0.3 is 12.1 Å². The summed E-state index contributed by atoms with van der Waals surface area (Å²) in [6, 6.07) is 5.06. The minimum Gasteiger partial charge on any atom is -0.462 e. The Morgan fingerprint density at radius 1 is 1.36 bits per heavy atom. The molecule has 3 nitrogen and oxygen atoms in total. The molecule has 2 rings (SSSR count). The lowest BCUT2D eigenvalue weighted by Gasteiger charge is -2.31. The van der Waals surface area contributed by atoms with Gasteiger partial charge in [-0.2, -0.15) is 13.2 Å². The molecule has 2 atom stereocenters. The average Bonchev–Trinajstić information content (AvgIpc) is 2.47. The molecule has 0 spiro atoms. The van der Waals surface area contributed by atoms with Gasteiger partial charge in [0.05, 0.1) is 18.7 Å². The number of quaternary nitrogens is 1. The van der Waals surface area contributed by atoms with Crippen LogP contribution in [-0.2, 0) is 22.3 Å². The summed E-state index contributed by atoms with van der Waals surface area (Å²) in [7, 11) is 0. The molecule has 1 saturated heterocycles.